The molecule has 0 unspecified atom stereocenters. The van der Waals surface area contributed by atoms with Crippen molar-refractivity contribution in [3.05, 3.63) is 89.7 Å². The number of fused-ring (bicyclic) bond motifs is 1. The van der Waals surface area contributed by atoms with E-state index < -0.39 is 10.0 Å². The summed E-state index contributed by atoms with van der Waals surface area (Å²) < 4.78 is 30.3. The molecule has 192 valence electrons. The molecule has 11 heteroatoms. The molecule has 1 heterocycles. The fourth-order valence-electron chi connectivity index (χ4n) is 3.73. The molecule has 0 saturated heterocycles. The molecule has 0 spiro atoms. The summed E-state index contributed by atoms with van der Waals surface area (Å²) in [5, 5.41) is 7.57. The van der Waals surface area contributed by atoms with Crippen molar-refractivity contribution >= 4 is 57.4 Å². The molecule has 0 aliphatic heterocycles. The summed E-state index contributed by atoms with van der Waals surface area (Å²) in [6, 6.07) is 21.3. The molecule has 1 aromatic heterocycles. The maximum Gasteiger partial charge on any atom is 0.261 e. The highest BCUT2D eigenvalue weighted by atomic mass is 35.5. The highest BCUT2D eigenvalue weighted by Crippen LogP contribution is 2.24. The van der Waals surface area contributed by atoms with Crippen molar-refractivity contribution in [2.45, 2.75) is 17.9 Å². The number of sulfonamides is 1. The van der Waals surface area contributed by atoms with Crippen molar-refractivity contribution in [1.29, 1.82) is 5.41 Å². The van der Waals surface area contributed by atoms with Gasteiger partial charge < -0.3 is 15.2 Å². The van der Waals surface area contributed by atoms with Crippen molar-refractivity contribution in [3.8, 4) is 0 Å². The highest BCUT2D eigenvalue weighted by molar-refractivity contribution is 7.92. The zero-order valence-electron chi connectivity index (χ0n) is 20.0. The minimum Gasteiger partial charge on any atom is -0.384 e. The van der Waals surface area contributed by atoms with E-state index in [1.807, 2.05) is 44.4 Å². The molecule has 3 aromatic carbocycles. The predicted molar refractivity (Wildman–Crippen MR) is 150 cm³/mol. The minimum atomic E-state index is -3.69. The Kier molecular flexibility index (Phi) is 9.89. The van der Waals surface area contributed by atoms with Crippen LogP contribution in [0.15, 0.2) is 77.7 Å². The molecule has 0 aliphatic rings. The zero-order valence-corrected chi connectivity index (χ0v) is 22.5. The molecule has 0 saturated carbocycles. The Hall–Kier alpha value is -3.11. The Labute approximate surface area is 223 Å². The number of benzene rings is 3. The number of aromatic nitrogens is 2. The number of nitrogen functional groups attached to an aromatic ring is 1. The summed E-state index contributed by atoms with van der Waals surface area (Å²) in [5.41, 5.74) is 9.43. The molecule has 4 aromatic rings. The summed E-state index contributed by atoms with van der Waals surface area (Å²) in [6.45, 7) is 1.59. The van der Waals surface area contributed by atoms with Gasteiger partial charge in [-0.2, -0.15) is 0 Å². The number of rotatable bonds is 9. The first-order valence-corrected chi connectivity index (χ1v) is 12.4. The van der Waals surface area contributed by atoms with Gasteiger partial charge >= 0.3 is 0 Å². The van der Waals surface area contributed by atoms with Crippen LogP contribution in [0.2, 0.25) is 0 Å². The number of amidine groups is 1. The largest absolute Gasteiger partial charge is 0.384 e. The average Bonchev–Trinajstić information content (AvgIpc) is 3.14. The van der Waals surface area contributed by atoms with Crippen molar-refractivity contribution in [3.63, 3.8) is 0 Å². The van der Waals surface area contributed by atoms with Crippen LogP contribution in [-0.2, 0) is 23.0 Å². The van der Waals surface area contributed by atoms with Gasteiger partial charge in [-0.25, -0.2) is 13.4 Å². The second kappa shape index (κ2) is 12.2. The van der Waals surface area contributed by atoms with Crippen LogP contribution in [0.4, 0.5) is 5.69 Å². The average molecular weight is 550 g/mol. The van der Waals surface area contributed by atoms with E-state index in [9.17, 15) is 8.42 Å². The molecule has 0 bridgehead atoms. The molecule has 0 amide bonds. The van der Waals surface area contributed by atoms with Gasteiger partial charge in [-0.3, -0.25) is 10.1 Å². The van der Waals surface area contributed by atoms with Crippen LogP contribution >= 0.6 is 24.8 Å². The predicted octanol–water partition coefficient (Wildman–Crippen LogP) is 4.12. The van der Waals surface area contributed by atoms with Crippen LogP contribution in [0, 0.1) is 5.41 Å². The lowest BCUT2D eigenvalue weighted by molar-refractivity contribution is 0.384. The maximum absolute atomic E-state index is 12.7. The summed E-state index contributed by atoms with van der Waals surface area (Å²) in [5.74, 6) is 0.922. The lowest BCUT2D eigenvalue weighted by Crippen LogP contribution is -2.19. The Morgan fingerprint density at radius 1 is 1.03 bits per heavy atom. The van der Waals surface area contributed by atoms with E-state index in [0.717, 1.165) is 35.5 Å². The lowest BCUT2D eigenvalue weighted by atomic mass is 10.1. The summed E-state index contributed by atoms with van der Waals surface area (Å²) in [7, 11) is 0.362. The molecule has 0 fully saturated rings. The Morgan fingerprint density at radius 2 is 1.69 bits per heavy atom. The number of hydrogen-bond acceptors (Lipinski definition) is 5. The molecule has 36 heavy (non-hydrogen) atoms. The summed E-state index contributed by atoms with van der Waals surface area (Å²) in [6.07, 6.45) is 0.603. The molecular formula is C25H30Cl2N6O2S. The van der Waals surface area contributed by atoms with Crippen LogP contribution in [0.25, 0.3) is 11.0 Å². The van der Waals surface area contributed by atoms with Crippen LogP contribution < -0.4 is 10.5 Å². The van der Waals surface area contributed by atoms with Gasteiger partial charge in [0.1, 0.15) is 11.7 Å². The smallest absolute Gasteiger partial charge is 0.261 e. The van der Waals surface area contributed by atoms with Gasteiger partial charge in [-0.1, -0.05) is 42.5 Å². The molecule has 0 radical (unpaired) electrons. The standard InChI is InChI=1S/C25H28N6O2S.2ClH/c1-30(2)14-15-31-23-13-12-20(29-34(32,33)21-6-4-3-5-7-21)17-22(23)28-24(31)16-18-8-10-19(11-9-18)25(26)27;;/h3-13,17,29H,14-16H2,1-2H3,(H3,26,27);2*1H. The molecule has 8 nitrogen and oxygen atoms in total. The van der Waals surface area contributed by atoms with Crippen LogP contribution in [-0.4, -0.2) is 49.3 Å². The van der Waals surface area contributed by atoms with E-state index >= 15 is 0 Å². The van der Waals surface area contributed by atoms with E-state index in [2.05, 4.69) is 14.2 Å². The summed E-state index contributed by atoms with van der Waals surface area (Å²) in [4.78, 5) is 7.17. The van der Waals surface area contributed by atoms with Gasteiger partial charge in [0.25, 0.3) is 10.0 Å². The third-order valence-electron chi connectivity index (χ3n) is 5.53. The first-order valence-electron chi connectivity index (χ1n) is 10.9. The van der Waals surface area contributed by atoms with Gasteiger partial charge in [-0.05, 0) is 50.0 Å². The second-order valence-corrected chi connectivity index (χ2v) is 10.1. The topological polar surface area (TPSA) is 117 Å². The van der Waals surface area contributed by atoms with Crippen molar-refractivity contribution in [2.24, 2.45) is 5.73 Å². The van der Waals surface area contributed by atoms with E-state index in [-0.39, 0.29) is 35.5 Å². The first kappa shape index (κ1) is 29.1. The summed E-state index contributed by atoms with van der Waals surface area (Å²) >= 11 is 0. The molecular weight excluding hydrogens is 519 g/mol. The number of likely N-dealkylation sites (N-methyl/N-ethyl adjacent to an activating group) is 1. The number of nitrogens with one attached hydrogen (secondary N) is 2. The zero-order chi connectivity index (χ0) is 24.3. The SMILES string of the molecule is CN(C)CCn1c(Cc2ccc(C(=N)N)cc2)nc2cc(NS(=O)(=O)c3ccccc3)ccc21.Cl.Cl. The van der Waals surface area contributed by atoms with Gasteiger partial charge in [-0.15, -0.1) is 24.8 Å². The van der Waals surface area contributed by atoms with Crippen LogP contribution in [0.3, 0.4) is 0 Å². The van der Waals surface area contributed by atoms with Gasteiger partial charge in [0.15, 0.2) is 0 Å². The highest BCUT2D eigenvalue weighted by Gasteiger charge is 2.16. The van der Waals surface area contributed by atoms with Crippen LogP contribution in [0.5, 0.6) is 0 Å². The Bertz CT molecular complexity index is 1420. The first-order chi connectivity index (χ1) is 16.2. The number of anilines is 1. The molecule has 4 rings (SSSR count). The molecule has 0 aliphatic carbocycles. The maximum atomic E-state index is 12.7. The van der Waals surface area contributed by atoms with E-state index in [1.54, 1.807) is 42.5 Å². The van der Waals surface area contributed by atoms with Crippen molar-refractivity contribution < 1.29 is 8.42 Å². The normalized spacial score (nSPS) is 11.1. The fourth-order valence-corrected chi connectivity index (χ4v) is 4.80. The van der Waals surface area contributed by atoms with Crippen LogP contribution in [0.1, 0.15) is 17.0 Å². The second-order valence-electron chi connectivity index (χ2n) is 8.39. The minimum absolute atomic E-state index is 0. The third kappa shape index (κ3) is 6.76. The van der Waals surface area contributed by atoms with E-state index in [4.69, 9.17) is 16.1 Å². The quantitative estimate of drug-likeness (QED) is 0.215. The number of hydrogen-bond donors (Lipinski definition) is 3. The fraction of sp³-hybridized carbons (Fsp3) is 0.200. The third-order valence-corrected chi connectivity index (χ3v) is 6.93. The van der Waals surface area contributed by atoms with Gasteiger partial charge in [0.2, 0.25) is 0 Å². The van der Waals surface area contributed by atoms with E-state index in [0.29, 0.717) is 17.7 Å². The number of halogens is 2. The Balaban J connectivity index is 0.00000228. The lowest BCUT2D eigenvalue weighted by Gasteiger charge is -2.14. The van der Waals surface area contributed by atoms with Crippen molar-refractivity contribution in [1.82, 2.24) is 14.5 Å². The monoisotopic (exact) mass is 548 g/mol. The number of imidazole rings is 1. The van der Waals surface area contributed by atoms with Crippen molar-refractivity contribution in [2.75, 3.05) is 25.4 Å². The molecule has 0 atom stereocenters. The Morgan fingerprint density at radius 3 is 2.31 bits per heavy atom. The molecule has 4 N–H and O–H groups in total. The van der Waals surface area contributed by atoms with E-state index in [1.165, 1.54) is 0 Å². The van der Waals surface area contributed by atoms with Gasteiger partial charge in [0, 0.05) is 25.1 Å². The number of nitrogens with two attached hydrogens (primary N) is 1. The van der Waals surface area contributed by atoms with Gasteiger partial charge in [0.05, 0.1) is 21.6 Å². The number of nitrogens with zero attached hydrogens (tertiary/aromatic N) is 3.